The monoisotopic (exact) mass is 368 g/mol. The Morgan fingerprint density at radius 3 is 2.00 bits per heavy atom. The standard InChI is InChI=1S/C21H20O6/c22-21-16(8-14-2-4-18-20(10-14)27-12-25-18)15(5-6-23-21)7-13-1-3-17-19(9-13)26-11-24-17/h1-4,9-10,15-16H,5-8,11-12H2/t15-,16-/m1/s1. The van der Waals surface area contributed by atoms with Crippen molar-refractivity contribution >= 4 is 5.97 Å². The van der Waals surface area contributed by atoms with Gasteiger partial charge in [0.1, 0.15) is 0 Å². The number of hydrogen-bond acceptors (Lipinski definition) is 6. The van der Waals surface area contributed by atoms with Gasteiger partial charge in [-0.1, -0.05) is 12.1 Å². The molecular weight excluding hydrogens is 348 g/mol. The Bertz CT molecular complexity index is 877. The average Bonchev–Trinajstić information content (AvgIpc) is 3.32. The summed E-state index contributed by atoms with van der Waals surface area (Å²) in [4.78, 5) is 12.5. The molecule has 0 saturated carbocycles. The summed E-state index contributed by atoms with van der Waals surface area (Å²) in [6, 6.07) is 11.9. The SMILES string of the molecule is O=C1OCC[C@H](Cc2ccc3c(c2)OCO3)[C@H]1Cc1ccc2c(c1)OCO2. The van der Waals surface area contributed by atoms with Crippen molar-refractivity contribution in [1.82, 2.24) is 0 Å². The van der Waals surface area contributed by atoms with Crippen LogP contribution < -0.4 is 18.9 Å². The summed E-state index contributed by atoms with van der Waals surface area (Å²) in [7, 11) is 0. The topological polar surface area (TPSA) is 63.2 Å². The van der Waals surface area contributed by atoms with E-state index < -0.39 is 0 Å². The lowest BCUT2D eigenvalue weighted by Crippen LogP contribution is -2.35. The molecule has 140 valence electrons. The van der Waals surface area contributed by atoms with Crippen LogP contribution >= 0.6 is 0 Å². The van der Waals surface area contributed by atoms with Gasteiger partial charge in [-0.2, -0.15) is 0 Å². The molecular formula is C21H20O6. The number of carbonyl (C=O) groups excluding carboxylic acids is 1. The minimum Gasteiger partial charge on any atom is -0.465 e. The third kappa shape index (κ3) is 3.16. The van der Waals surface area contributed by atoms with Crippen LogP contribution in [0.5, 0.6) is 23.0 Å². The molecule has 0 radical (unpaired) electrons. The zero-order valence-electron chi connectivity index (χ0n) is 14.8. The summed E-state index contributed by atoms with van der Waals surface area (Å²) in [6.07, 6.45) is 2.29. The van der Waals surface area contributed by atoms with Gasteiger partial charge in [-0.05, 0) is 60.6 Å². The third-order valence-corrected chi connectivity index (χ3v) is 5.43. The zero-order chi connectivity index (χ0) is 18.2. The van der Waals surface area contributed by atoms with Crippen molar-refractivity contribution < 1.29 is 28.5 Å². The number of rotatable bonds is 4. The highest BCUT2D eigenvalue weighted by Crippen LogP contribution is 2.37. The molecule has 1 saturated heterocycles. The van der Waals surface area contributed by atoms with Gasteiger partial charge in [0.2, 0.25) is 13.6 Å². The predicted octanol–water partition coefficient (Wildman–Crippen LogP) is 3.11. The molecule has 0 unspecified atom stereocenters. The van der Waals surface area contributed by atoms with Crippen LogP contribution in [-0.2, 0) is 22.4 Å². The van der Waals surface area contributed by atoms with Gasteiger partial charge < -0.3 is 23.7 Å². The highest BCUT2D eigenvalue weighted by molar-refractivity contribution is 5.74. The van der Waals surface area contributed by atoms with E-state index in [-0.39, 0.29) is 31.4 Å². The molecule has 27 heavy (non-hydrogen) atoms. The molecule has 1 fully saturated rings. The Morgan fingerprint density at radius 2 is 1.33 bits per heavy atom. The molecule has 0 amide bonds. The minimum atomic E-state index is -0.176. The number of cyclic esters (lactones) is 1. The predicted molar refractivity (Wildman–Crippen MR) is 95.1 cm³/mol. The van der Waals surface area contributed by atoms with Crippen LogP contribution in [-0.4, -0.2) is 26.2 Å². The van der Waals surface area contributed by atoms with Crippen molar-refractivity contribution in [2.24, 2.45) is 11.8 Å². The van der Waals surface area contributed by atoms with E-state index >= 15 is 0 Å². The average molecular weight is 368 g/mol. The van der Waals surface area contributed by atoms with Gasteiger partial charge in [-0.25, -0.2) is 0 Å². The van der Waals surface area contributed by atoms with E-state index in [1.54, 1.807) is 0 Å². The first-order valence-corrected chi connectivity index (χ1v) is 9.20. The van der Waals surface area contributed by atoms with Gasteiger partial charge in [0.15, 0.2) is 23.0 Å². The molecule has 2 aromatic rings. The fourth-order valence-electron chi connectivity index (χ4n) is 4.00. The van der Waals surface area contributed by atoms with Crippen molar-refractivity contribution in [2.75, 3.05) is 20.2 Å². The molecule has 0 spiro atoms. The van der Waals surface area contributed by atoms with E-state index in [0.717, 1.165) is 47.0 Å². The molecule has 0 bridgehead atoms. The number of hydrogen-bond donors (Lipinski definition) is 0. The van der Waals surface area contributed by atoms with Gasteiger partial charge >= 0.3 is 5.97 Å². The first kappa shape index (κ1) is 16.3. The smallest absolute Gasteiger partial charge is 0.309 e. The largest absolute Gasteiger partial charge is 0.465 e. The molecule has 3 aliphatic heterocycles. The number of benzene rings is 2. The second-order valence-electron chi connectivity index (χ2n) is 7.11. The molecule has 2 aromatic carbocycles. The Hall–Kier alpha value is -2.89. The lowest BCUT2D eigenvalue weighted by Gasteiger charge is -2.30. The molecule has 0 aliphatic carbocycles. The Kier molecular flexibility index (Phi) is 4.03. The number of fused-ring (bicyclic) bond motifs is 2. The van der Waals surface area contributed by atoms with Gasteiger partial charge in [0.05, 0.1) is 12.5 Å². The van der Waals surface area contributed by atoms with E-state index in [4.69, 9.17) is 23.7 Å². The molecule has 5 rings (SSSR count). The van der Waals surface area contributed by atoms with Crippen molar-refractivity contribution in [3.63, 3.8) is 0 Å². The maximum Gasteiger partial charge on any atom is 0.309 e. The van der Waals surface area contributed by atoms with Crippen LogP contribution in [0.2, 0.25) is 0 Å². The normalized spacial score (nSPS) is 22.6. The minimum absolute atomic E-state index is 0.121. The van der Waals surface area contributed by atoms with Gasteiger partial charge in [0, 0.05) is 0 Å². The summed E-state index contributed by atoms with van der Waals surface area (Å²) in [5, 5.41) is 0. The maximum absolute atomic E-state index is 12.5. The Labute approximate surface area is 156 Å². The van der Waals surface area contributed by atoms with E-state index in [1.807, 2.05) is 36.4 Å². The van der Waals surface area contributed by atoms with Crippen LogP contribution in [0.4, 0.5) is 0 Å². The molecule has 6 nitrogen and oxygen atoms in total. The first-order chi connectivity index (χ1) is 13.3. The van der Waals surface area contributed by atoms with Crippen LogP contribution in [0.1, 0.15) is 17.5 Å². The molecule has 6 heteroatoms. The second kappa shape index (κ2) is 6.68. The van der Waals surface area contributed by atoms with E-state index in [9.17, 15) is 4.79 Å². The highest BCUT2D eigenvalue weighted by atomic mass is 16.7. The summed E-state index contributed by atoms with van der Waals surface area (Å²) in [5.41, 5.74) is 2.20. The second-order valence-corrected chi connectivity index (χ2v) is 7.11. The van der Waals surface area contributed by atoms with Crippen molar-refractivity contribution in [1.29, 1.82) is 0 Å². The maximum atomic E-state index is 12.5. The molecule has 2 atom stereocenters. The molecule has 0 N–H and O–H groups in total. The van der Waals surface area contributed by atoms with Crippen molar-refractivity contribution in [3.05, 3.63) is 47.5 Å². The Morgan fingerprint density at radius 1 is 0.741 bits per heavy atom. The lowest BCUT2D eigenvalue weighted by atomic mass is 9.79. The van der Waals surface area contributed by atoms with Crippen LogP contribution in [0.3, 0.4) is 0 Å². The Balaban J connectivity index is 1.35. The van der Waals surface area contributed by atoms with Gasteiger partial charge in [-0.3, -0.25) is 4.79 Å². The van der Waals surface area contributed by atoms with Crippen LogP contribution in [0.15, 0.2) is 36.4 Å². The van der Waals surface area contributed by atoms with Crippen molar-refractivity contribution in [3.8, 4) is 23.0 Å². The summed E-state index contributed by atoms with van der Waals surface area (Å²) < 4.78 is 27.0. The van der Waals surface area contributed by atoms with E-state index in [1.165, 1.54) is 0 Å². The number of esters is 1. The van der Waals surface area contributed by atoms with E-state index in [0.29, 0.717) is 13.0 Å². The summed E-state index contributed by atoms with van der Waals surface area (Å²) in [5.74, 6) is 2.97. The molecule has 0 aromatic heterocycles. The fraction of sp³-hybridized carbons (Fsp3) is 0.381. The van der Waals surface area contributed by atoms with Crippen LogP contribution in [0, 0.1) is 11.8 Å². The van der Waals surface area contributed by atoms with Gasteiger partial charge in [0.25, 0.3) is 0 Å². The molecule has 3 aliphatic rings. The van der Waals surface area contributed by atoms with E-state index in [2.05, 4.69) is 0 Å². The fourth-order valence-corrected chi connectivity index (χ4v) is 4.00. The highest BCUT2D eigenvalue weighted by Gasteiger charge is 2.34. The molecule has 3 heterocycles. The quantitative estimate of drug-likeness (QED) is 0.773. The number of carbonyl (C=O) groups is 1. The summed E-state index contributed by atoms with van der Waals surface area (Å²) >= 11 is 0. The first-order valence-electron chi connectivity index (χ1n) is 9.20. The zero-order valence-corrected chi connectivity index (χ0v) is 14.8. The van der Waals surface area contributed by atoms with Crippen molar-refractivity contribution in [2.45, 2.75) is 19.3 Å². The lowest BCUT2D eigenvalue weighted by molar-refractivity contribution is -0.156. The summed E-state index contributed by atoms with van der Waals surface area (Å²) in [6.45, 7) is 0.990. The van der Waals surface area contributed by atoms with Gasteiger partial charge in [-0.15, -0.1) is 0 Å². The third-order valence-electron chi connectivity index (χ3n) is 5.43. The number of ether oxygens (including phenoxy) is 5. The van der Waals surface area contributed by atoms with Crippen LogP contribution in [0.25, 0.3) is 0 Å².